The van der Waals surface area contributed by atoms with Crippen LogP contribution in [0, 0.1) is 12.8 Å². The molecule has 1 aromatic heterocycles. The number of halogens is 1. The maximum Gasteiger partial charge on any atom is 0.227 e. The highest BCUT2D eigenvalue weighted by Gasteiger charge is 2.25. The first-order valence-corrected chi connectivity index (χ1v) is 13.1. The Labute approximate surface area is 215 Å². The fraction of sp³-hybridized carbons (Fsp3) is 0.593. The summed E-state index contributed by atoms with van der Waals surface area (Å²) < 4.78 is 2.00. The predicted octanol–water partition coefficient (Wildman–Crippen LogP) is 4.76. The van der Waals surface area contributed by atoms with Gasteiger partial charge in [-0.1, -0.05) is 31.5 Å². The van der Waals surface area contributed by atoms with Crippen molar-refractivity contribution in [2.24, 2.45) is 5.92 Å². The minimum Gasteiger partial charge on any atom is -0.337 e. The summed E-state index contributed by atoms with van der Waals surface area (Å²) in [6.45, 7) is 14.4. The van der Waals surface area contributed by atoms with E-state index in [0.717, 1.165) is 36.6 Å². The number of benzene rings is 1. The molecule has 0 saturated heterocycles. The van der Waals surface area contributed by atoms with Crippen LogP contribution in [0.25, 0.3) is 0 Å². The molecule has 192 valence electrons. The lowest BCUT2D eigenvalue weighted by Gasteiger charge is -2.30. The van der Waals surface area contributed by atoms with Gasteiger partial charge >= 0.3 is 0 Å². The van der Waals surface area contributed by atoms with Gasteiger partial charge in [-0.2, -0.15) is 0 Å². The van der Waals surface area contributed by atoms with Crippen LogP contribution in [0.2, 0.25) is 5.02 Å². The Bertz CT molecular complexity index is 1000. The zero-order valence-corrected chi connectivity index (χ0v) is 22.6. The lowest BCUT2D eigenvalue weighted by Crippen LogP contribution is -2.41. The normalized spacial score (nSPS) is 15.9. The molecule has 0 N–H and O–H groups in total. The summed E-state index contributed by atoms with van der Waals surface area (Å²) in [5.41, 5.74) is 1.78. The smallest absolute Gasteiger partial charge is 0.227 e. The lowest BCUT2D eigenvalue weighted by molar-refractivity contribution is -0.132. The van der Waals surface area contributed by atoms with Crippen LogP contribution in [0.15, 0.2) is 30.6 Å². The number of rotatable bonds is 6. The highest BCUT2D eigenvalue weighted by Crippen LogP contribution is 2.28. The maximum atomic E-state index is 13.4. The van der Waals surface area contributed by atoms with Crippen molar-refractivity contribution in [2.75, 3.05) is 31.1 Å². The van der Waals surface area contributed by atoms with E-state index in [1.54, 1.807) is 6.20 Å². The molecule has 0 atom stereocenters. The van der Waals surface area contributed by atoms with E-state index in [9.17, 15) is 9.59 Å². The summed E-state index contributed by atoms with van der Waals surface area (Å²) in [7, 11) is 0. The highest BCUT2D eigenvalue weighted by molar-refractivity contribution is 6.31. The van der Waals surface area contributed by atoms with E-state index < -0.39 is 0 Å². The molecule has 2 amide bonds. The molecule has 8 heteroatoms. The quantitative estimate of drug-likeness (QED) is 0.572. The minimum absolute atomic E-state index is 0.0991. The number of hydrogen-bond acceptors (Lipinski definition) is 4. The number of anilines is 1. The number of aromatic nitrogens is 2. The molecule has 0 saturated carbocycles. The molecular weight excluding hydrogens is 462 g/mol. The summed E-state index contributed by atoms with van der Waals surface area (Å²) in [4.78, 5) is 37.2. The molecule has 0 aliphatic carbocycles. The zero-order chi connectivity index (χ0) is 25.5. The van der Waals surface area contributed by atoms with Crippen LogP contribution in [0.4, 0.5) is 5.69 Å². The fourth-order valence-electron chi connectivity index (χ4n) is 4.58. The predicted molar refractivity (Wildman–Crippen MR) is 142 cm³/mol. The van der Waals surface area contributed by atoms with Crippen molar-refractivity contribution in [1.82, 2.24) is 19.4 Å². The van der Waals surface area contributed by atoms with Crippen molar-refractivity contribution in [1.29, 1.82) is 0 Å². The number of carbonyl (C=O) groups excluding carboxylic acids is 2. The SMILES string of the molecule is Cc1nccn1CCC(=O)N1CCN(C(C)C)CCCN(C(=O)CC(C)C)c2cc(Cl)ccc2C1. The number of hydrogen-bond donors (Lipinski definition) is 0. The van der Waals surface area contributed by atoms with Gasteiger partial charge < -0.3 is 14.4 Å². The third-order valence-corrected chi connectivity index (χ3v) is 6.88. The third kappa shape index (κ3) is 7.55. The van der Waals surface area contributed by atoms with Gasteiger partial charge in [0.1, 0.15) is 5.82 Å². The molecule has 2 aromatic rings. The van der Waals surface area contributed by atoms with Crippen molar-refractivity contribution in [3.63, 3.8) is 0 Å². The Hall–Kier alpha value is -2.38. The lowest BCUT2D eigenvalue weighted by atomic mass is 10.1. The monoisotopic (exact) mass is 501 g/mol. The summed E-state index contributed by atoms with van der Waals surface area (Å²) in [6.07, 6.45) is 5.41. The van der Waals surface area contributed by atoms with Gasteiger partial charge in [0.05, 0.1) is 5.69 Å². The first-order valence-electron chi connectivity index (χ1n) is 12.7. The first-order chi connectivity index (χ1) is 16.7. The summed E-state index contributed by atoms with van der Waals surface area (Å²) >= 11 is 6.40. The van der Waals surface area contributed by atoms with Crippen LogP contribution < -0.4 is 4.90 Å². The van der Waals surface area contributed by atoms with Crippen molar-refractivity contribution < 1.29 is 9.59 Å². The van der Waals surface area contributed by atoms with Gasteiger partial charge in [0.2, 0.25) is 11.8 Å². The van der Waals surface area contributed by atoms with Crippen molar-refractivity contribution >= 4 is 29.1 Å². The van der Waals surface area contributed by atoms with E-state index in [1.807, 2.05) is 45.7 Å². The molecule has 0 fully saturated rings. The average Bonchev–Trinajstić information content (AvgIpc) is 3.19. The Morgan fingerprint density at radius 1 is 1.06 bits per heavy atom. The van der Waals surface area contributed by atoms with Gasteiger partial charge in [-0.25, -0.2) is 4.98 Å². The number of amides is 2. The Morgan fingerprint density at radius 3 is 2.49 bits per heavy atom. The van der Waals surface area contributed by atoms with Crippen LogP contribution in [-0.2, 0) is 22.7 Å². The van der Waals surface area contributed by atoms with Gasteiger partial charge in [-0.05, 0) is 50.8 Å². The average molecular weight is 502 g/mol. The summed E-state index contributed by atoms with van der Waals surface area (Å²) in [6, 6.07) is 6.05. The number of aryl methyl sites for hydroxylation is 2. The topological polar surface area (TPSA) is 61.7 Å². The van der Waals surface area contributed by atoms with Gasteiger partial charge in [0, 0.05) is 75.6 Å². The standard InChI is InChI=1S/C27H40ClN5O2/c1-20(2)17-27(35)33-12-6-11-30(21(3)4)15-16-32(19-23-7-8-24(28)18-25(23)33)26(34)9-13-31-14-10-29-22(31)5/h7-8,10,14,18,20-21H,6,9,11-13,15-17,19H2,1-5H3. The molecule has 0 bridgehead atoms. The molecule has 0 unspecified atom stereocenters. The molecule has 1 aliphatic heterocycles. The minimum atomic E-state index is 0.0991. The molecule has 1 aromatic carbocycles. The van der Waals surface area contributed by atoms with E-state index in [-0.39, 0.29) is 17.7 Å². The number of carbonyl (C=O) groups is 2. The van der Waals surface area contributed by atoms with Gasteiger partial charge in [-0.15, -0.1) is 0 Å². The van der Waals surface area contributed by atoms with Gasteiger partial charge in [0.15, 0.2) is 0 Å². The largest absolute Gasteiger partial charge is 0.337 e. The Balaban J connectivity index is 1.92. The van der Waals surface area contributed by atoms with Gasteiger partial charge in [-0.3, -0.25) is 14.5 Å². The van der Waals surface area contributed by atoms with E-state index in [4.69, 9.17) is 11.6 Å². The van der Waals surface area contributed by atoms with Crippen molar-refractivity contribution in [2.45, 2.75) is 73.0 Å². The molecule has 35 heavy (non-hydrogen) atoms. The molecular formula is C27H40ClN5O2. The Morgan fingerprint density at radius 2 is 1.83 bits per heavy atom. The maximum absolute atomic E-state index is 13.4. The van der Waals surface area contributed by atoms with E-state index in [2.05, 4.69) is 37.6 Å². The van der Waals surface area contributed by atoms with Crippen LogP contribution in [0.5, 0.6) is 0 Å². The fourth-order valence-corrected chi connectivity index (χ4v) is 4.75. The molecule has 2 heterocycles. The molecule has 1 aliphatic rings. The van der Waals surface area contributed by atoms with Crippen molar-refractivity contribution in [3.8, 4) is 0 Å². The second kappa shape index (κ2) is 12.5. The number of imidazole rings is 1. The van der Waals surface area contributed by atoms with Crippen LogP contribution in [0.1, 0.15) is 58.3 Å². The molecule has 7 nitrogen and oxygen atoms in total. The highest BCUT2D eigenvalue weighted by atomic mass is 35.5. The van der Waals surface area contributed by atoms with Crippen LogP contribution in [-0.4, -0.2) is 63.4 Å². The molecule has 0 spiro atoms. The molecule has 0 radical (unpaired) electrons. The van der Waals surface area contributed by atoms with Gasteiger partial charge in [0.25, 0.3) is 0 Å². The summed E-state index contributed by atoms with van der Waals surface area (Å²) in [5.74, 6) is 1.37. The van der Waals surface area contributed by atoms with Crippen LogP contribution >= 0.6 is 11.6 Å². The molecule has 3 rings (SSSR count). The first kappa shape index (κ1) is 27.2. The van der Waals surface area contributed by atoms with Crippen molar-refractivity contribution in [3.05, 3.63) is 47.0 Å². The zero-order valence-electron chi connectivity index (χ0n) is 21.8. The number of fused-ring (bicyclic) bond motifs is 1. The van der Waals surface area contributed by atoms with E-state index in [0.29, 0.717) is 50.1 Å². The second-order valence-corrected chi connectivity index (χ2v) is 10.6. The second-order valence-electron chi connectivity index (χ2n) is 10.1. The van der Waals surface area contributed by atoms with E-state index >= 15 is 0 Å². The summed E-state index contributed by atoms with van der Waals surface area (Å²) in [5, 5.41) is 0.596. The Kier molecular flexibility index (Phi) is 9.75. The third-order valence-electron chi connectivity index (χ3n) is 6.64. The van der Waals surface area contributed by atoms with Crippen LogP contribution in [0.3, 0.4) is 0 Å². The van der Waals surface area contributed by atoms with E-state index in [1.165, 1.54) is 0 Å². The number of nitrogens with zero attached hydrogens (tertiary/aromatic N) is 5.